The molecule has 3 aromatic carbocycles. The Bertz CT molecular complexity index is 1100. The van der Waals surface area contributed by atoms with Gasteiger partial charge in [0.25, 0.3) is 0 Å². The molecule has 0 atom stereocenters. The van der Waals surface area contributed by atoms with Crippen LogP contribution >= 0.6 is 0 Å². The minimum atomic E-state index is -0.206. The van der Waals surface area contributed by atoms with Crippen LogP contribution in [0.25, 0.3) is 10.8 Å². The quantitative estimate of drug-likeness (QED) is 0.322. The van der Waals surface area contributed by atoms with Crippen LogP contribution in [0.1, 0.15) is 87.5 Å². The highest BCUT2D eigenvalue weighted by Gasteiger charge is 2.20. The van der Waals surface area contributed by atoms with Crippen LogP contribution in [-0.4, -0.2) is 0 Å². The van der Waals surface area contributed by atoms with Gasteiger partial charge in [-0.1, -0.05) is 107 Å². The van der Waals surface area contributed by atoms with E-state index in [9.17, 15) is 0 Å². The van der Waals surface area contributed by atoms with E-state index in [0.717, 1.165) is 35.6 Å². The molecule has 0 radical (unpaired) electrons. The zero-order valence-electron chi connectivity index (χ0n) is 20.3. The predicted octanol–water partition coefficient (Wildman–Crippen LogP) is 8.87. The van der Waals surface area contributed by atoms with Gasteiger partial charge < -0.3 is 0 Å². The third kappa shape index (κ3) is 6.26. The van der Waals surface area contributed by atoms with E-state index in [1.165, 1.54) is 62.5 Å². The van der Waals surface area contributed by atoms with Gasteiger partial charge in [0.1, 0.15) is 5.82 Å². The maximum Gasteiger partial charge on any atom is 0.146 e. The molecule has 0 N–H and O–H groups in total. The molecule has 0 saturated heterocycles. The van der Waals surface area contributed by atoms with Crippen molar-refractivity contribution in [3.05, 3.63) is 82.7 Å². The van der Waals surface area contributed by atoms with Gasteiger partial charge in [-0.15, -0.1) is 0 Å². The molecular formula is C32H37F. The molecule has 0 bridgehead atoms. The van der Waals surface area contributed by atoms with Crippen LogP contribution in [-0.2, 0) is 12.8 Å². The molecule has 0 unspecified atom stereocenters. The summed E-state index contributed by atoms with van der Waals surface area (Å²) in [5.74, 6) is 7.77. The van der Waals surface area contributed by atoms with E-state index >= 15 is 4.39 Å². The summed E-state index contributed by atoms with van der Waals surface area (Å²) in [5, 5.41) is 1.65. The minimum Gasteiger partial charge on any atom is -0.205 e. The Kier molecular flexibility index (Phi) is 8.22. The summed E-state index contributed by atoms with van der Waals surface area (Å²) < 4.78 is 15.1. The number of benzene rings is 3. The fourth-order valence-electron chi connectivity index (χ4n) is 5.23. The van der Waals surface area contributed by atoms with Gasteiger partial charge in [0, 0.05) is 10.9 Å². The van der Waals surface area contributed by atoms with Crippen molar-refractivity contribution >= 4 is 10.8 Å². The second-order valence-electron chi connectivity index (χ2n) is 9.85. The van der Waals surface area contributed by atoms with Crippen LogP contribution in [0.15, 0.2) is 54.6 Å². The number of rotatable bonds is 7. The number of halogens is 1. The first-order valence-electron chi connectivity index (χ1n) is 13.0. The molecule has 172 valence electrons. The Labute approximate surface area is 199 Å². The number of unbranched alkanes of at least 4 members (excludes halogenated alkanes) is 1. The first-order chi connectivity index (χ1) is 16.2. The second-order valence-corrected chi connectivity index (χ2v) is 9.85. The molecule has 0 spiro atoms. The van der Waals surface area contributed by atoms with Gasteiger partial charge in [-0.3, -0.25) is 0 Å². The highest BCUT2D eigenvalue weighted by atomic mass is 19.1. The van der Waals surface area contributed by atoms with Crippen LogP contribution in [0, 0.1) is 29.5 Å². The van der Waals surface area contributed by atoms with Crippen molar-refractivity contribution in [1.29, 1.82) is 0 Å². The molecule has 1 fully saturated rings. The van der Waals surface area contributed by atoms with Crippen molar-refractivity contribution < 1.29 is 4.39 Å². The largest absolute Gasteiger partial charge is 0.205 e. The average Bonchev–Trinajstić information content (AvgIpc) is 2.86. The van der Waals surface area contributed by atoms with E-state index in [2.05, 4.69) is 50.0 Å². The van der Waals surface area contributed by atoms with Crippen LogP contribution in [0.3, 0.4) is 0 Å². The molecule has 0 aliphatic heterocycles. The summed E-state index contributed by atoms with van der Waals surface area (Å²) in [6.07, 6.45) is 13.1. The van der Waals surface area contributed by atoms with E-state index in [1.54, 1.807) is 0 Å². The summed E-state index contributed by atoms with van der Waals surface area (Å²) in [7, 11) is 0. The molecule has 1 heteroatoms. The van der Waals surface area contributed by atoms with Gasteiger partial charge >= 0.3 is 0 Å². The Morgan fingerprint density at radius 1 is 0.788 bits per heavy atom. The smallest absolute Gasteiger partial charge is 0.146 e. The monoisotopic (exact) mass is 440 g/mol. The maximum atomic E-state index is 15.1. The van der Waals surface area contributed by atoms with Crippen LogP contribution in [0.4, 0.5) is 4.39 Å². The summed E-state index contributed by atoms with van der Waals surface area (Å²) in [6.45, 7) is 4.43. The van der Waals surface area contributed by atoms with Crippen molar-refractivity contribution in [3.8, 4) is 11.8 Å². The molecule has 3 aromatic rings. The third-order valence-corrected chi connectivity index (χ3v) is 7.50. The van der Waals surface area contributed by atoms with E-state index in [-0.39, 0.29) is 5.82 Å². The molecule has 1 aliphatic carbocycles. The SMILES string of the molecule is CCCCC1CCC(CCc2ccc3c(F)c(C#Cc4ccc(CC)cc4)ccc3c2)CC1. The van der Waals surface area contributed by atoms with Gasteiger partial charge in [0.15, 0.2) is 0 Å². The Hall–Kier alpha value is -2.59. The lowest BCUT2D eigenvalue weighted by Crippen LogP contribution is -2.15. The zero-order chi connectivity index (χ0) is 23.0. The highest BCUT2D eigenvalue weighted by Crippen LogP contribution is 2.34. The predicted molar refractivity (Wildman–Crippen MR) is 139 cm³/mol. The van der Waals surface area contributed by atoms with Crippen LogP contribution in [0.2, 0.25) is 0 Å². The molecule has 0 amide bonds. The Morgan fingerprint density at radius 2 is 1.48 bits per heavy atom. The number of hydrogen-bond acceptors (Lipinski definition) is 0. The average molecular weight is 441 g/mol. The summed E-state index contributed by atoms with van der Waals surface area (Å²) in [5.41, 5.74) is 3.99. The van der Waals surface area contributed by atoms with Gasteiger partial charge in [-0.25, -0.2) is 4.39 Å². The number of aryl methyl sites for hydroxylation is 2. The van der Waals surface area contributed by atoms with Crippen molar-refractivity contribution in [2.75, 3.05) is 0 Å². The first-order valence-corrected chi connectivity index (χ1v) is 13.0. The highest BCUT2D eigenvalue weighted by molar-refractivity contribution is 5.85. The van der Waals surface area contributed by atoms with E-state index in [1.807, 2.05) is 30.3 Å². The summed E-state index contributed by atoms with van der Waals surface area (Å²) in [6, 6.07) is 18.3. The third-order valence-electron chi connectivity index (χ3n) is 7.50. The van der Waals surface area contributed by atoms with Crippen molar-refractivity contribution in [1.82, 2.24) is 0 Å². The molecule has 1 aliphatic rings. The molecule has 0 aromatic heterocycles. The van der Waals surface area contributed by atoms with Gasteiger partial charge in [-0.2, -0.15) is 0 Å². The van der Waals surface area contributed by atoms with Crippen LogP contribution in [0.5, 0.6) is 0 Å². The Morgan fingerprint density at radius 3 is 2.18 bits per heavy atom. The van der Waals surface area contributed by atoms with Gasteiger partial charge in [-0.05, 0) is 65.8 Å². The maximum absolute atomic E-state index is 15.1. The van der Waals surface area contributed by atoms with E-state index < -0.39 is 0 Å². The second kappa shape index (κ2) is 11.5. The fourth-order valence-corrected chi connectivity index (χ4v) is 5.23. The number of fused-ring (bicyclic) bond motifs is 1. The molecular weight excluding hydrogens is 403 g/mol. The summed E-state index contributed by atoms with van der Waals surface area (Å²) in [4.78, 5) is 0. The standard InChI is InChI=1S/C32H37F/c1-3-5-6-25-11-13-26(14-12-25)15-16-28-18-22-31-30(23-28)21-20-29(32(31)33)19-17-27-9-7-24(4-2)8-10-27/h7-10,18,20-23,25-26H,3-6,11-16H2,1-2H3. The molecule has 33 heavy (non-hydrogen) atoms. The van der Waals surface area contributed by atoms with E-state index in [4.69, 9.17) is 0 Å². The lowest BCUT2D eigenvalue weighted by molar-refractivity contribution is 0.250. The van der Waals surface area contributed by atoms with Gasteiger partial charge in [0.2, 0.25) is 0 Å². The van der Waals surface area contributed by atoms with Crippen molar-refractivity contribution in [2.24, 2.45) is 11.8 Å². The number of hydrogen-bond donors (Lipinski definition) is 0. The van der Waals surface area contributed by atoms with Gasteiger partial charge in [0.05, 0.1) is 5.56 Å². The lowest BCUT2D eigenvalue weighted by Gasteiger charge is -2.28. The lowest BCUT2D eigenvalue weighted by atomic mass is 9.78. The molecule has 1 saturated carbocycles. The first kappa shape index (κ1) is 23.6. The summed E-state index contributed by atoms with van der Waals surface area (Å²) >= 11 is 0. The topological polar surface area (TPSA) is 0 Å². The zero-order valence-corrected chi connectivity index (χ0v) is 20.3. The van der Waals surface area contributed by atoms with Crippen molar-refractivity contribution in [2.45, 2.75) is 78.1 Å². The molecule has 4 rings (SSSR count). The minimum absolute atomic E-state index is 0.206. The molecule has 0 heterocycles. The molecule has 0 nitrogen and oxygen atoms in total. The Balaban J connectivity index is 1.38. The normalized spacial score (nSPS) is 18.2. The fraction of sp³-hybridized carbons (Fsp3) is 0.438. The van der Waals surface area contributed by atoms with Crippen molar-refractivity contribution in [3.63, 3.8) is 0 Å². The van der Waals surface area contributed by atoms with Crippen LogP contribution < -0.4 is 0 Å². The van der Waals surface area contributed by atoms with E-state index in [0.29, 0.717) is 10.9 Å².